The predicted octanol–water partition coefficient (Wildman–Crippen LogP) is 5.83. The number of ether oxygens (including phenoxy) is 3. The molecule has 1 aromatic heterocycles. The van der Waals surface area contributed by atoms with Gasteiger partial charge in [0.15, 0.2) is 11.5 Å². The van der Waals surface area contributed by atoms with Crippen molar-refractivity contribution in [1.29, 1.82) is 0 Å². The normalized spacial score (nSPS) is 12.9. The Hall–Kier alpha value is -3.85. The molecule has 9 heteroatoms. The van der Waals surface area contributed by atoms with E-state index in [1.807, 2.05) is 12.1 Å². The lowest BCUT2D eigenvalue weighted by molar-refractivity contribution is -0.155. The Kier molecular flexibility index (Phi) is 10.6. The van der Waals surface area contributed by atoms with E-state index in [0.29, 0.717) is 35.2 Å². The van der Waals surface area contributed by atoms with Crippen molar-refractivity contribution in [1.82, 2.24) is 9.47 Å². The lowest BCUT2D eigenvalue weighted by Gasteiger charge is -2.21. The number of esters is 2. The van der Waals surface area contributed by atoms with Crippen molar-refractivity contribution in [3.8, 4) is 17.2 Å². The van der Waals surface area contributed by atoms with E-state index in [2.05, 4.69) is 25.7 Å². The Labute approximate surface area is 247 Å². The number of aryl methyl sites for hydroxylation is 2. The average Bonchev–Trinajstić information content (AvgIpc) is 3.24. The molecule has 0 radical (unpaired) electrons. The molecule has 2 aromatic carbocycles. The summed E-state index contributed by atoms with van der Waals surface area (Å²) in [6.45, 7) is 10.4. The first kappa shape index (κ1) is 31.1. The fourth-order valence-electron chi connectivity index (χ4n) is 5.40. The van der Waals surface area contributed by atoms with E-state index in [-0.39, 0.29) is 23.0 Å². The van der Waals surface area contributed by atoms with Crippen LogP contribution in [0.4, 0.5) is 5.69 Å². The molecule has 2 heterocycles. The summed E-state index contributed by atoms with van der Waals surface area (Å²) in [5.41, 5.74) is 8.62. The maximum absolute atomic E-state index is 13.9. The number of aromatic nitrogens is 1. The Morgan fingerprint density at radius 1 is 0.905 bits per heavy atom. The highest BCUT2D eigenvalue weighted by Gasteiger charge is 2.33. The van der Waals surface area contributed by atoms with Crippen LogP contribution in [0.5, 0.6) is 17.2 Å². The molecule has 1 aliphatic rings. The maximum atomic E-state index is 13.9. The van der Waals surface area contributed by atoms with Crippen LogP contribution in [0, 0.1) is 0 Å². The molecular weight excluding hydrogens is 534 g/mol. The molecule has 0 spiro atoms. The van der Waals surface area contributed by atoms with E-state index in [1.165, 1.54) is 25.7 Å². The first-order chi connectivity index (χ1) is 20.3. The van der Waals surface area contributed by atoms with Crippen LogP contribution in [0.25, 0.3) is 10.9 Å². The minimum absolute atomic E-state index is 0.0374. The first-order valence-corrected chi connectivity index (χ1v) is 15.2. The van der Waals surface area contributed by atoms with Crippen LogP contribution in [0.15, 0.2) is 30.3 Å². The molecule has 0 amide bonds. The minimum Gasteiger partial charge on any atom is -0.494 e. The lowest BCUT2D eigenvalue weighted by Crippen LogP contribution is -2.28. The number of ketones is 1. The summed E-state index contributed by atoms with van der Waals surface area (Å²) in [6, 6.07) is 8.80. The Morgan fingerprint density at radius 2 is 1.52 bits per heavy atom. The van der Waals surface area contributed by atoms with Gasteiger partial charge in [0.05, 0.1) is 17.8 Å². The topological polar surface area (TPSA) is 113 Å². The summed E-state index contributed by atoms with van der Waals surface area (Å²) in [4.78, 5) is 40.7. The van der Waals surface area contributed by atoms with Gasteiger partial charge in [0.25, 0.3) is 0 Å². The number of benzene rings is 2. The van der Waals surface area contributed by atoms with Gasteiger partial charge in [0.2, 0.25) is 5.78 Å². The number of rotatable bonds is 16. The third kappa shape index (κ3) is 6.78. The van der Waals surface area contributed by atoms with E-state index >= 15 is 0 Å². The summed E-state index contributed by atoms with van der Waals surface area (Å²) >= 11 is 0. The average molecular weight is 578 g/mol. The second kappa shape index (κ2) is 14.4. The Bertz CT molecular complexity index is 1420. The molecule has 0 aliphatic carbocycles. The smallest absolute Gasteiger partial charge is 0.423 e. The molecule has 9 nitrogen and oxygen atoms in total. The number of carbonyl (C=O) groups excluding carboxylic acids is 3. The summed E-state index contributed by atoms with van der Waals surface area (Å²) in [5, 5.41) is 0.550. The molecule has 2 bridgehead atoms. The van der Waals surface area contributed by atoms with Gasteiger partial charge >= 0.3 is 11.9 Å². The van der Waals surface area contributed by atoms with Gasteiger partial charge in [-0.1, -0.05) is 40.0 Å². The number of fused-ring (bicyclic) bond motifs is 4. The van der Waals surface area contributed by atoms with Crippen LogP contribution >= 0.6 is 0 Å². The molecule has 4 rings (SSSR count). The summed E-state index contributed by atoms with van der Waals surface area (Å²) in [6.07, 6.45) is 8.04. The van der Waals surface area contributed by atoms with Crippen molar-refractivity contribution in [3.63, 3.8) is 0 Å². The van der Waals surface area contributed by atoms with E-state index in [9.17, 15) is 14.4 Å². The predicted molar refractivity (Wildman–Crippen MR) is 163 cm³/mol. The van der Waals surface area contributed by atoms with Crippen molar-refractivity contribution >= 4 is 34.3 Å². The standard InChI is InChI=1S/C33H43N3O6/c1-5-8-12-24-27-25(21-26-28(34)31(27)42-33(39)32(38)41-26)35(4)29(24)30(37)22-13-15-23(16-14-22)40-20-11-19-36(17-9-6-2)18-10-7-3/h13-16,21H,5-12,17-20,34H2,1-4H3. The SMILES string of the molecule is CCCCc1c(C(=O)c2ccc(OCCCN(CCCC)CCCC)cc2)n(C)c2cc3c(N)c(c12)OC(=O)C(=O)O3. The van der Waals surface area contributed by atoms with E-state index < -0.39 is 11.9 Å². The first-order valence-electron chi connectivity index (χ1n) is 15.2. The Morgan fingerprint density at radius 3 is 2.17 bits per heavy atom. The van der Waals surface area contributed by atoms with Gasteiger partial charge in [-0.05, 0) is 75.0 Å². The summed E-state index contributed by atoms with van der Waals surface area (Å²) in [7, 11) is 1.78. The van der Waals surface area contributed by atoms with Gasteiger partial charge in [-0.15, -0.1) is 0 Å². The van der Waals surface area contributed by atoms with Crippen LogP contribution in [0.3, 0.4) is 0 Å². The number of unbranched alkanes of at least 4 members (excludes halogenated alkanes) is 3. The largest absolute Gasteiger partial charge is 0.494 e. The fraction of sp³-hybridized carbons (Fsp3) is 0.485. The highest BCUT2D eigenvalue weighted by atomic mass is 16.6. The van der Waals surface area contributed by atoms with Gasteiger partial charge in [-0.2, -0.15) is 0 Å². The molecule has 0 saturated heterocycles. The molecule has 2 N–H and O–H groups in total. The van der Waals surface area contributed by atoms with Crippen LogP contribution in [-0.4, -0.2) is 53.4 Å². The third-order valence-electron chi connectivity index (χ3n) is 7.76. The minimum atomic E-state index is -1.15. The van der Waals surface area contributed by atoms with E-state index in [4.69, 9.17) is 19.9 Å². The number of hydrogen-bond acceptors (Lipinski definition) is 8. The van der Waals surface area contributed by atoms with Gasteiger partial charge in [-0.25, -0.2) is 9.59 Å². The number of nitrogen functional groups attached to an aromatic ring is 1. The van der Waals surface area contributed by atoms with Gasteiger partial charge in [0, 0.05) is 30.6 Å². The van der Waals surface area contributed by atoms with Gasteiger partial charge in [0.1, 0.15) is 11.4 Å². The zero-order chi connectivity index (χ0) is 30.2. The van der Waals surface area contributed by atoms with Crippen molar-refractivity contribution in [3.05, 3.63) is 47.2 Å². The van der Waals surface area contributed by atoms with Crippen molar-refractivity contribution < 1.29 is 28.6 Å². The van der Waals surface area contributed by atoms with Crippen molar-refractivity contribution in [2.75, 3.05) is 32.0 Å². The molecule has 0 atom stereocenters. The monoisotopic (exact) mass is 577 g/mol. The molecule has 42 heavy (non-hydrogen) atoms. The molecule has 0 unspecified atom stereocenters. The number of carbonyl (C=O) groups is 3. The maximum Gasteiger partial charge on any atom is 0.423 e. The lowest BCUT2D eigenvalue weighted by atomic mass is 9.98. The molecule has 0 saturated carbocycles. The van der Waals surface area contributed by atoms with Gasteiger partial charge in [-0.3, -0.25) is 4.79 Å². The van der Waals surface area contributed by atoms with Crippen molar-refractivity contribution in [2.45, 2.75) is 72.1 Å². The highest BCUT2D eigenvalue weighted by Crippen LogP contribution is 2.45. The number of nitrogens with two attached hydrogens (primary N) is 1. The van der Waals surface area contributed by atoms with Crippen LogP contribution < -0.4 is 19.9 Å². The van der Waals surface area contributed by atoms with Crippen molar-refractivity contribution in [2.24, 2.45) is 7.05 Å². The van der Waals surface area contributed by atoms with Crippen LogP contribution in [0.1, 0.15) is 87.3 Å². The zero-order valence-electron chi connectivity index (χ0n) is 25.3. The number of nitrogens with zero attached hydrogens (tertiary/aromatic N) is 2. The molecule has 3 aromatic rings. The second-order valence-corrected chi connectivity index (χ2v) is 10.9. The van der Waals surface area contributed by atoms with Crippen LogP contribution in [-0.2, 0) is 23.1 Å². The fourth-order valence-corrected chi connectivity index (χ4v) is 5.40. The molecule has 1 aliphatic heterocycles. The summed E-state index contributed by atoms with van der Waals surface area (Å²) in [5.74, 6) is -1.63. The number of hydrogen-bond donors (Lipinski definition) is 1. The Balaban J connectivity index is 1.54. The summed E-state index contributed by atoms with van der Waals surface area (Å²) < 4.78 is 18.3. The third-order valence-corrected chi connectivity index (χ3v) is 7.76. The second-order valence-electron chi connectivity index (χ2n) is 10.9. The van der Waals surface area contributed by atoms with Gasteiger partial charge < -0.3 is 29.4 Å². The van der Waals surface area contributed by atoms with E-state index in [0.717, 1.165) is 50.2 Å². The quantitative estimate of drug-likeness (QED) is 0.0565. The highest BCUT2D eigenvalue weighted by molar-refractivity contribution is 6.32. The zero-order valence-corrected chi connectivity index (χ0v) is 25.3. The van der Waals surface area contributed by atoms with E-state index in [1.54, 1.807) is 29.8 Å². The molecule has 226 valence electrons. The number of anilines is 1. The molecular formula is C33H43N3O6. The van der Waals surface area contributed by atoms with Crippen LogP contribution in [0.2, 0.25) is 0 Å². The molecule has 0 fully saturated rings.